The molecule has 4 rings (SSSR count). The van der Waals surface area contributed by atoms with Crippen LogP contribution in [0.2, 0.25) is 15.1 Å². The number of nitrogens with zero attached hydrogens (tertiary/aromatic N) is 2. The number of benzene rings is 1. The minimum absolute atomic E-state index is 0.0375. The molecular weight excluding hydrogens is 609 g/mol. The van der Waals surface area contributed by atoms with E-state index in [0.29, 0.717) is 49.9 Å². The molecule has 1 aromatic heterocycles. The normalized spacial score (nSPS) is 18.4. The summed E-state index contributed by atoms with van der Waals surface area (Å²) in [5.74, 6) is -2.43. The van der Waals surface area contributed by atoms with Crippen molar-refractivity contribution in [3.63, 3.8) is 0 Å². The molecule has 0 radical (unpaired) electrons. The number of nitrogens with one attached hydrogen (secondary N) is 2. The maximum absolute atomic E-state index is 12.9. The smallest absolute Gasteiger partial charge is 0.253 e. The molecule has 2 aromatic rings. The second-order valence-corrected chi connectivity index (χ2v) is 11.8. The van der Waals surface area contributed by atoms with Gasteiger partial charge in [0.05, 0.1) is 38.1 Å². The molecule has 0 aliphatic carbocycles. The summed E-state index contributed by atoms with van der Waals surface area (Å²) >= 11 is 20.6. The number of aliphatic carboxylic acids is 1. The predicted molar refractivity (Wildman–Crippen MR) is 147 cm³/mol. The van der Waals surface area contributed by atoms with E-state index in [-0.39, 0.29) is 23.9 Å². The van der Waals surface area contributed by atoms with Gasteiger partial charge in [-0.25, -0.2) is 4.57 Å². The lowest BCUT2D eigenvalue weighted by molar-refractivity contribution is -0.689. The van der Waals surface area contributed by atoms with Crippen LogP contribution in [0.5, 0.6) is 0 Å². The Kier molecular flexibility index (Phi) is 9.68. The number of pyridine rings is 1. The molecule has 2 aliphatic rings. The molecule has 206 valence electrons. The highest BCUT2D eigenvalue weighted by molar-refractivity contribution is 8.00. The van der Waals surface area contributed by atoms with Crippen LogP contribution in [0.15, 0.2) is 52.8 Å². The van der Waals surface area contributed by atoms with Crippen molar-refractivity contribution in [3.05, 3.63) is 68.6 Å². The van der Waals surface area contributed by atoms with Gasteiger partial charge in [-0.05, 0) is 12.1 Å². The van der Waals surface area contributed by atoms with Crippen LogP contribution in [0.3, 0.4) is 0 Å². The summed E-state index contributed by atoms with van der Waals surface area (Å²) < 4.78 is 1.70. The van der Waals surface area contributed by atoms with Crippen molar-refractivity contribution in [3.8, 4) is 0 Å². The minimum atomic E-state index is -1.48. The van der Waals surface area contributed by atoms with Crippen molar-refractivity contribution in [1.29, 1.82) is 0 Å². The van der Waals surface area contributed by atoms with Gasteiger partial charge in [0.15, 0.2) is 18.9 Å². The Morgan fingerprint density at radius 2 is 1.85 bits per heavy atom. The standard InChI is InChI=1S/C24H22Cl3N5O5S2/c25-14-7-16(27)17(8-15(14)26)38-11-18(33)30-19-22(35)32-20(24(36)37)13(10-39-23(19)32)9-31-5-1-12(2-6-31)21(34)29-4-3-28/h1-2,5-8,19,23H,3-4,9-11,28H2,(H2-,29,30,33,34,36,37)/t19-,23-/m1/s1. The van der Waals surface area contributed by atoms with Crippen molar-refractivity contribution < 1.29 is 28.9 Å². The zero-order chi connectivity index (χ0) is 28.3. The van der Waals surface area contributed by atoms with Crippen LogP contribution >= 0.6 is 58.3 Å². The van der Waals surface area contributed by atoms with Gasteiger partial charge in [0, 0.05) is 41.4 Å². The van der Waals surface area contributed by atoms with Crippen molar-refractivity contribution in [1.82, 2.24) is 15.5 Å². The summed E-state index contributed by atoms with van der Waals surface area (Å²) in [6, 6.07) is 5.37. The first kappa shape index (κ1) is 29.5. The zero-order valence-corrected chi connectivity index (χ0v) is 24.0. The van der Waals surface area contributed by atoms with E-state index in [9.17, 15) is 24.3 Å². The van der Waals surface area contributed by atoms with E-state index in [2.05, 4.69) is 10.6 Å². The van der Waals surface area contributed by atoms with Crippen LogP contribution in [0.1, 0.15) is 10.4 Å². The fourth-order valence-electron chi connectivity index (χ4n) is 3.99. The van der Waals surface area contributed by atoms with Crippen LogP contribution in [0.4, 0.5) is 0 Å². The Hall–Kier alpha value is -2.48. The molecule has 1 saturated heterocycles. The van der Waals surface area contributed by atoms with Crippen molar-refractivity contribution in [2.75, 3.05) is 24.6 Å². The van der Waals surface area contributed by atoms with E-state index >= 15 is 0 Å². The number of hydrogen-bond acceptors (Lipinski definition) is 8. The van der Waals surface area contributed by atoms with E-state index in [0.717, 1.165) is 16.7 Å². The van der Waals surface area contributed by atoms with E-state index < -0.39 is 29.2 Å². The van der Waals surface area contributed by atoms with Gasteiger partial charge < -0.3 is 26.3 Å². The van der Waals surface area contributed by atoms with Crippen LogP contribution in [-0.4, -0.2) is 64.6 Å². The number of fused-ring (bicyclic) bond motifs is 1. The maximum atomic E-state index is 12.9. The highest BCUT2D eigenvalue weighted by Gasteiger charge is 2.53. The molecule has 0 spiro atoms. The third-order valence-corrected chi connectivity index (χ3v) is 9.39. The summed E-state index contributed by atoms with van der Waals surface area (Å²) in [4.78, 5) is 51.3. The Bertz CT molecular complexity index is 1360. The Morgan fingerprint density at radius 1 is 1.15 bits per heavy atom. The summed E-state index contributed by atoms with van der Waals surface area (Å²) in [7, 11) is 0. The number of carbonyl (C=O) groups is 4. The number of β-lactam (4-membered cyclic amide) rings is 1. The first-order chi connectivity index (χ1) is 18.6. The Labute approximate surface area is 247 Å². The fourth-order valence-corrected chi connectivity index (χ4v) is 6.87. The largest absolute Gasteiger partial charge is 0.543 e. The molecule has 0 unspecified atom stereocenters. The molecule has 39 heavy (non-hydrogen) atoms. The molecular formula is C24H22Cl3N5O5S2. The van der Waals surface area contributed by atoms with Crippen LogP contribution < -0.4 is 26.0 Å². The van der Waals surface area contributed by atoms with E-state index in [1.807, 2.05) is 0 Å². The molecule has 0 bridgehead atoms. The summed E-state index contributed by atoms with van der Waals surface area (Å²) in [6.07, 6.45) is 3.29. The SMILES string of the molecule is NCCNC(=O)c1cc[n+](CC2=C(C(=O)[O-])N3C(=O)[C@@H](NC(=O)CSc4cc(Cl)c(Cl)cc4Cl)[C@H]3SC2)cc1. The third kappa shape index (κ3) is 6.64. The number of carboxylic acid groups (broad SMARTS) is 1. The number of aromatic nitrogens is 1. The number of hydrogen-bond donors (Lipinski definition) is 3. The minimum Gasteiger partial charge on any atom is -0.543 e. The number of carboxylic acids is 1. The number of thioether (sulfide) groups is 2. The van der Waals surface area contributed by atoms with Crippen molar-refractivity contribution in [2.24, 2.45) is 5.73 Å². The number of carbonyl (C=O) groups excluding carboxylic acids is 4. The fraction of sp³-hybridized carbons (Fsp3) is 0.292. The highest BCUT2D eigenvalue weighted by atomic mass is 35.5. The van der Waals surface area contributed by atoms with Crippen molar-refractivity contribution in [2.45, 2.75) is 22.9 Å². The van der Waals surface area contributed by atoms with Gasteiger partial charge in [0.1, 0.15) is 11.4 Å². The quantitative estimate of drug-likeness (QED) is 0.151. The molecule has 4 N–H and O–H groups in total. The molecule has 3 heterocycles. The molecule has 3 amide bonds. The van der Waals surface area contributed by atoms with Gasteiger partial charge in [0.25, 0.3) is 11.8 Å². The van der Waals surface area contributed by atoms with Gasteiger partial charge in [-0.1, -0.05) is 34.8 Å². The average molecular weight is 631 g/mol. The molecule has 10 nitrogen and oxygen atoms in total. The average Bonchev–Trinajstić information content (AvgIpc) is 2.91. The lowest BCUT2D eigenvalue weighted by Crippen LogP contribution is -2.71. The lowest BCUT2D eigenvalue weighted by atomic mass is 10.0. The van der Waals surface area contributed by atoms with E-state index in [4.69, 9.17) is 40.5 Å². The summed E-state index contributed by atoms with van der Waals surface area (Å²) in [5, 5.41) is 17.7. The zero-order valence-electron chi connectivity index (χ0n) is 20.1. The monoisotopic (exact) mass is 629 g/mol. The van der Waals surface area contributed by atoms with Crippen LogP contribution in [0.25, 0.3) is 0 Å². The van der Waals surface area contributed by atoms with Gasteiger partial charge in [-0.15, -0.1) is 23.5 Å². The number of amides is 3. The molecule has 0 saturated carbocycles. The number of nitrogens with two attached hydrogens (primary N) is 1. The van der Waals surface area contributed by atoms with Crippen molar-refractivity contribution >= 4 is 82.0 Å². The van der Waals surface area contributed by atoms with E-state index in [1.165, 1.54) is 17.8 Å². The Balaban J connectivity index is 1.39. The van der Waals surface area contributed by atoms with Gasteiger partial charge in [-0.2, -0.15) is 0 Å². The summed E-state index contributed by atoms with van der Waals surface area (Å²) in [5.41, 5.74) is 6.10. The van der Waals surface area contributed by atoms with Crippen LogP contribution in [-0.2, 0) is 20.9 Å². The number of halogens is 3. The van der Waals surface area contributed by atoms with E-state index in [1.54, 1.807) is 35.2 Å². The third-order valence-electron chi connectivity index (χ3n) is 5.85. The summed E-state index contributed by atoms with van der Waals surface area (Å²) in [6.45, 7) is 0.850. The lowest BCUT2D eigenvalue weighted by Gasteiger charge is -2.50. The molecule has 2 aliphatic heterocycles. The number of rotatable bonds is 10. The first-order valence-corrected chi connectivity index (χ1v) is 14.7. The highest BCUT2D eigenvalue weighted by Crippen LogP contribution is 2.40. The second-order valence-electron chi connectivity index (χ2n) is 8.48. The predicted octanol–water partition coefficient (Wildman–Crippen LogP) is 0.819. The Morgan fingerprint density at radius 3 is 2.51 bits per heavy atom. The molecule has 2 atom stereocenters. The molecule has 1 fully saturated rings. The first-order valence-electron chi connectivity index (χ1n) is 11.5. The second kappa shape index (κ2) is 12.8. The topological polar surface area (TPSA) is 149 Å². The molecule has 1 aromatic carbocycles. The van der Waals surface area contributed by atoms with Gasteiger partial charge in [-0.3, -0.25) is 19.3 Å². The maximum Gasteiger partial charge on any atom is 0.253 e. The molecule has 15 heteroatoms. The van der Waals surface area contributed by atoms with Crippen LogP contribution in [0, 0.1) is 0 Å². The van der Waals surface area contributed by atoms with Gasteiger partial charge in [0.2, 0.25) is 5.91 Å². The van der Waals surface area contributed by atoms with Gasteiger partial charge >= 0.3 is 0 Å².